The zero-order chi connectivity index (χ0) is 36.9. The molecule has 4 N–H and O–H groups in total. The van der Waals surface area contributed by atoms with E-state index in [1.54, 1.807) is 0 Å². The summed E-state index contributed by atoms with van der Waals surface area (Å²) in [4.78, 5) is 47.0. The van der Waals surface area contributed by atoms with Gasteiger partial charge in [0.1, 0.15) is 0 Å². The molecular weight excluding hydrogens is 678 g/mol. The molecule has 4 aliphatic rings. The zero-order valence-corrected chi connectivity index (χ0v) is 27.6. The van der Waals surface area contributed by atoms with Gasteiger partial charge in [0.25, 0.3) is 0 Å². The number of carboxylic acids is 2. The average molecular weight is 721 g/mol. The third-order valence-electron chi connectivity index (χ3n) is 10.0. The van der Waals surface area contributed by atoms with Crippen LogP contribution in [0.15, 0.2) is 18.2 Å². The molecule has 3 aliphatic heterocycles. The van der Waals surface area contributed by atoms with E-state index in [0.29, 0.717) is 18.3 Å². The number of aryl methyl sites for hydroxylation is 1. The maximum absolute atomic E-state index is 12.4. The largest absolute Gasteiger partial charge is 0.490 e. The van der Waals surface area contributed by atoms with E-state index < -0.39 is 24.3 Å². The first-order valence-electron chi connectivity index (χ1n) is 16.5. The van der Waals surface area contributed by atoms with Crippen molar-refractivity contribution in [3.63, 3.8) is 0 Å². The van der Waals surface area contributed by atoms with Gasteiger partial charge in [0.15, 0.2) is 0 Å². The minimum Gasteiger partial charge on any atom is -0.475 e. The fourth-order valence-electron chi connectivity index (χ4n) is 7.17. The van der Waals surface area contributed by atoms with E-state index in [1.165, 1.54) is 63.8 Å². The van der Waals surface area contributed by atoms with Crippen molar-refractivity contribution in [2.24, 2.45) is 18.4 Å². The summed E-state index contributed by atoms with van der Waals surface area (Å²) in [5.74, 6) is -5.42. The number of alkyl halides is 6. The molecule has 1 aliphatic carbocycles. The van der Waals surface area contributed by atoms with Gasteiger partial charge in [0.2, 0.25) is 11.8 Å². The Kier molecular flexibility index (Phi) is 12.4. The van der Waals surface area contributed by atoms with Gasteiger partial charge in [-0.25, -0.2) is 9.59 Å². The van der Waals surface area contributed by atoms with Crippen LogP contribution in [0.1, 0.15) is 63.0 Å². The summed E-state index contributed by atoms with van der Waals surface area (Å²) < 4.78 is 65.4. The van der Waals surface area contributed by atoms with Crippen LogP contribution in [0.3, 0.4) is 0 Å². The number of fused-ring (bicyclic) bond motifs is 1. The van der Waals surface area contributed by atoms with Crippen molar-refractivity contribution >= 4 is 40.3 Å². The standard InChI is InChI=1S/C28H40N6O2.2C2HF3O2/c1-32-24-18-21(2-3-22(24)26(31-32)23-4-5-25(35)30-27(23)36)34-16-14-33(15-17-34)19-20-6-8-28(9-7-20)10-12-29-13-11-28;2*3-2(4,5)1(6)7/h2-3,18,20,23,29H,4-17,19H2,1H3,(H,30,35,36);2*(H,6,7). The molecule has 1 aromatic carbocycles. The van der Waals surface area contributed by atoms with E-state index in [9.17, 15) is 35.9 Å². The number of amides is 2. The fourth-order valence-corrected chi connectivity index (χ4v) is 7.17. The van der Waals surface area contributed by atoms with Crippen molar-refractivity contribution in [2.45, 2.75) is 69.6 Å². The molecule has 3 saturated heterocycles. The quantitative estimate of drug-likeness (QED) is 0.269. The van der Waals surface area contributed by atoms with Gasteiger partial charge in [0.05, 0.1) is 17.1 Å². The Morgan fingerprint density at radius 3 is 1.98 bits per heavy atom. The second-order valence-electron chi connectivity index (χ2n) is 13.3. The van der Waals surface area contributed by atoms with Gasteiger partial charge >= 0.3 is 24.3 Å². The molecule has 1 aromatic heterocycles. The number of anilines is 1. The van der Waals surface area contributed by atoms with Gasteiger partial charge in [-0.3, -0.25) is 24.5 Å². The van der Waals surface area contributed by atoms with Gasteiger partial charge in [0, 0.05) is 57.3 Å². The van der Waals surface area contributed by atoms with Crippen molar-refractivity contribution < 1.29 is 55.7 Å². The average Bonchev–Trinajstić information content (AvgIpc) is 3.38. The lowest BCUT2D eigenvalue weighted by molar-refractivity contribution is -0.193. The van der Waals surface area contributed by atoms with Crippen molar-refractivity contribution in [3.05, 3.63) is 23.9 Å². The Hall–Kier alpha value is -3.93. The normalized spacial score (nSPS) is 21.9. The summed E-state index contributed by atoms with van der Waals surface area (Å²) in [7, 11) is 1.94. The highest BCUT2D eigenvalue weighted by molar-refractivity contribution is 6.02. The Bertz CT molecular complexity index is 1500. The number of carbonyl (C=O) groups is 4. The van der Waals surface area contributed by atoms with Crippen LogP contribution in [0.25, 0.3) is 10.9 Å². The molecule has 2 amide bonds. The molecule has 1 unspecified atom stereocenters. The monoisotopic (exact) mass is 720 g/mol. The van der Waals surface area contributed by atoms with Crippen LogP contribution < -0.4 is 15.5 Å². The number of halogens is 6. The number of carbonyl (C=O) groups excluding carboxylic acids is 2. The lowest BCUT2D eigenvalue weighted by Gasteiger charge is -2.45. The maximum Gasteiger partial charge on any atom is 0.490 e. The summed E-state index contributed by atoms with van der Waals surface area (Å²) >= 11 is 0. The first-order valence-corrected chi connectivity index (χ1v) is 16.5. The number of benzene rings is 1. The minimum absolute atomic E-state index is 0.188. The molecule has 50 heavy (non-hydrogen) atoms. The van der Waals surface area contributed by atoms with E-state index in [2.05, 4.69) is 38.6 Å². The van der Waals surface area contributed by atoms with Crippen LogP contribution in [0.2, 0.25) is 0 Å². The highest BCUT2D eigenvalue weighted by Crippen LogP contribution is 2.45. The smallest absolute Gasteiger partial charge is 0.475 e. The Morgan fingerprint density at radius 2 is 1.46 bits per heavy atom. The topological polar surface area (TPSA) is 157 Å². The number of hydrogen-bond acceptors (Lipinski definition) is 8. The van der Waals surface area contributed by atoms with E-state index in [1.807, 2.05) is 11.7 Å². The maximum atomic E-state index is 12.4. The summed E-state index contributed by atoms with van der Waals surface area (Å²) in [6.07, 6.45) is -0.812. The molecule has 12 nitrogen and oxygen atoms in total. The lowest BCUT2D eigenvalue weighted by Crippen LogP contribution is -2.48. The van der Waals surface area contributed by atoms with Crippen LogP contribution in [0.5, 0.6) is 0 Å². The molecule has 4 heterocycles. The molecule has 1 spiro atoms. The molecular formula is C32H42F6N6O6. The highest BCUT2D eigenvalue weighted by atomic mass is 19.4. The number of hydrogen-bond donors (Lipinski definition) is 4. The van der Waals surface area contributed by atoms with E-state index in [-0.39, 0.29) is 17.7 Å². The molecule has 4 fully saturated rings. The van der Waals surface area contributed by atoms with E-state index in [4.69, 9.17) is 24.9 Å². The van der Waals surface area contributed by atoms with E-state index >= 15 is 0 Å². The van der Waals surface area contributed by atoms with Crippen LogP contribution in [-0.2, 0) is 26.2 Å². The molecule has 278 valence electrons. The third kappa shape index (κ3) is 10.1. The van der Waals surface area contributed by atoms with Crippen molar-refractivity contribution in [1.29, 1.82) is 0 Å². The van der Waals surface area contributed by atoms with Crippen LogP contribution >= 0.6 is 0 Å². The van der Waals surface area contributed by atoms with Crippen LogP contribution in [0, 0.1) is 11.3 Å². The number of piperidine rings is 2. The van der Waals surface area contributed by atoms with Crippen LogP contribution in [-0.4, -0.2) is 107 Å². The van der Waals surface area contributed by atoms with Crippen molar-refractivity contribution in [2.75, 3.05) is 50.7 Å². The molecule has 18 heteroatoms. The predicted molar refractivity (Wildman–Crippen MR) is 168 cm³/mol. The summed E-state index contributed by atoms with van der Waals surface area (Å²) in [5.41, 5.74) is 3.71. The van der Waals surface area contributed by atoms with Crippen molar-refractivity contribution in [1.82, 2.24) is 25.3 Å². The Labute approximate surface area is 284 Å². The Balaban J connectivity index is 0.000000340. The van der Waals surface area contributed by atoms with Gasteiger partial charge in [-0.05, 0) is 87.6 Å². The number of aromatic nitrogens is 2. The summed E-state index contributed by atoms with van der Waals surface area (Å²) in [6.45, 7) is 8.04. The molecule has 6 rings (SSSR count). The Morgan fingerprint density at radius 1 is 0.900 bits per heavy atom. The van der Waals surface area contributed by atoms with Gasteiger partial charge in [-0.15, -0.1) is 0 Å². The second kappa shape index (κ2) is 16.0. The fraction of sp³-hybridized carbons (Fsp3) is 0.656. The van der Waals surface area contributed by atoms with Gasteiger partial charge in [-0.2, -0.15) is 31.4 Å². The number of aliphatic carboxylic acids is 2. The predicted octanol–water partition coefficient (Wildman–Crippen LogP) is 4.04. The SMILES string of the molecule is Cn1nc(C2CCC(=O)NC2=O)c2ccc(N3CCN(CC4CCC5(CCNCC5)CC4)CC3)cc21.O=C(O)C(F)(F)F.O=C(O)C(F)(F)F. The molecule has 1 atom stereocenters. The summed E-state index contributed by atoms with van der Waals surface area (Å²) in [6, 6.07) is 6.50. The van der Waals surface area contributed by atoms with Gasteiger partial charge in [-0.1, -0.05) is 0 Å². The first kappa shape index (κ1) is 38.9. The number of piperazine rings is 1. The molecule has 0 bridgehead atoms. The number of rotatable bonds is 4. The first-order chi connectivity index (χ1) is 23.4. The minimum atomic E-state index is -5.08. The lowest BCUT2D eigenvalue weighted by atomic mass is 9.65. The van der Waals surface area contributed by atoms with Gasteiger partial charge < -0.3 is 20.4 Å². The van der Waals surface area contributed by atoms with E-state index in [0.717, 1.165) is 48.7 Å². The molecule has 2 aromatic rings. The molecule has 1 saturated carbocycles. The van der Waals surface area contributed by atoms with Crippen molar-refractivity contribution in [3.8, 4) is 0 Å². The van der Waals surface area contributed by atoms with Crippen LogP contribution in [0.4, 0.5) is 32.0 Å². The third-order valence-corrected chi connectivity index (χ3v) is 10.0. The number of carboxylic acid groups (broad SMARTS) is 2. The zero-order valence-electron chi connectivity index (χ0n) is 27.6. The molecule has 0 radical (unpaired) electrons. The summed E-state index contributed by atoms with van der Waals surface area (Å²) in [5, 5.41) is 26.0. The number of nitrogens with one attached hydrogen (secondary N) is 2. The highest BCUT2D eigenvalue weighted by Gasteiger charge is 2.39. The number of nitrogens with zero attached hydrogens (tertiary/aromatic N) is 4. The second-order valence-corrected chi connectivity index (χ2v) is 13.3. The number of imide groups is 1.